The minimum absolute atomic E-state index is 0.212. The highest BCUT2D eigenvalue weighted by molar-refractivity contribution is 7.08. The van der Waals surface area contributed by atoms with Gasteiger partial charge in [0, 0.05) is 5.56 Å². The van der Waals surface area contributed by atoms with Crippen molar-refractivity contribution < 1.29 is 13.9 Å². The molecule has 0 saturated carbocycles. The molecule has 0 aliphatic carbocycles. The fourth-order valence-electron chi connectivity index (χ4n) is 0.771. The summed E-state index contributed by atoms with van der Waals surface area (Å²) in [4.78, 5) is 10.8. The Morgan fingerprint density at radius 1 is 1.83 bits per heavy atom. The van der Waals surface area contributed by atoms with E-state index < -0.39 is 12.1 Å². The molecule has 0 amide bonds. The van der Waals surface area contributed by atoms with Crippen LogP contribution in [0.25, 0.3) is 0 Å². The minimum atomic E-state index is -1.63. The molecule has 1 heterocycles. The van der Waals surface area contributed by atoms with Crippen molar-refractivity contribution in [3.05, 3.63) is 22.4 Å². The Morgan fingerprint density at radius 3 is 3.08 bits per heavy atom. The van der Waals surface area contributed by atoms with Gasteiger partial charge in [-0.15, -0.1) is 0 Å². The van der Waals surface area contributed by atoms with Crippen molar-refractivity contribution in [1.82, 2.24) is 0 Å². The molecule has 2 nitrogen and oxygen atoms in total. The van der Waals surface area contributed by atoms with Gasteiger partial charge >= 0.3 is 5.97 Å². The van der Waals surface area contributed by atoms with Gasteiger partial charge in [0.1, 0.15) is 0 Å². The smallest absolute Gasteiger partial charge is 0.345 e. The zero-order valence-corrected chi connectivity index (χ0v) is 7.44. The summed E-state index contributed by atoms with van der Waals surface area (Å²) in [7, 11) is 0. The number of carbonyl (C=O) groups is 1. The molecule has 1 rings (SSSR count). The maximum Gasteiger partial charge on any atom is 0.345 e. The lowest BCUT2D eigenvalue weighted by Crippen LogP contribution is -2.10. The summed E-state index contributed by atoms with van der Waals surface area (Å²) in [6.45, 7) is 1.86. The van der Waals surface area contributed by atoms with Gasteiger partial charge in [-0.3, -0.25) is 0 Å². The van der Waals surface area contributed by atoms with Gasteiger partial charge in [-0.05, 0) is 23.8 Å². The first-order valence-corrected chi connectivity index (χ1v) is 4.52. The van der Waals surface area contributed by atoms with Crippen molar-refractivity contribution in [3.63, 3.8) is 0 Å². The fraction of sp³-hybridized carbons (Fsp3) is 0.375. The molecule has 0 bridgehead atoms. The van der Waals surface area contributed by atoms with Gasteiger partial charge in [-0.25, -0.2) is 9.18 Å². The van der Waals surface area contributed by atoms with Gasteiger partial charge in [-0.1, -0.05) is 0 Å². The molecule has 1 aromatic heterocycles. The molecule has 4 heteroatoms. The molecular weight excluding hydrogens is 179 g/mol. The minimum Gasteiger partial charge on any atom is -0.464 e. The second kappa shape index (κ2) is 4.21. The number of ether oxygens (including phenoxy) is 1. The number of carbonyl (C=O) groups excluding carboxylic acids is 1. The van der Waals surface area contributed by atoms with Gasteiger partial charge in [-0.2, -0.15) is 11.3 Å². The van der Waals surface area contributed by atoms with E-state index in [2.05, 4.69) is 4.74 Å². The van der Waals surface area contributed by atoms with E-state index in [4.69, 9.17) is 0 Å². The van der Waals surface area contributed by atoms with Crippen LogP contribution in [0.15, 0.2) is 16.8 Å². The molecule has 0 spiro atoms. The van der Waals surface area contributed by atoms with Crippen LogP contribution >= 0.6 is 11.3 Å². The van der Waals surface area contributed by atoms with Crippen molar-refractivity contribution in [2.75, 3.05) is 6.61 Å². The maximum absolute atomic E-state index is 13.1. The van der Waals surface area contributed by atoms with Crippen molar-refractivity contribution >= 4 is 17.3 Å². The van der Waals surface area contributed by atoms with Crippen molar-refractivity contribution in [2.45, 2.75) is 13.1 Å². The first-order chi connectivity index (χ1) is 5.75. The number of hydrogen-bond acceptors (Lipinski definition) is 3. The van der Waals surface area contributed by atoms with Gasteiger partial charge in [0.15, 0.2) is 0 Å². The summed E-state index contributed by atoms with van der Waals surface area (Å²) in [5.41, 5.74) is 0.374. The maximum atomic E-state index is 13.1. The van der Waals surface area contributed by atoms with Crippen LogP contribution in [-0.2, 0) is 9.53 Å². The molecule has 1 aromatic rings. The standard InChI is InChI=1S/C8H9FO2S/c1-2-11-8(10)7(9)6-3-4-12-5-6/h3-5,7H,2H2,1H3. The SMILES string of the molecule is CCOC(=O)C(F)c1ccsc1. The highest BCUT2D eigenvalue weighted by atomic mass is 32.1. The van der Waals surface area contributed by atoms with E-state index >= 15 is 0 Å². The number of rotatable bonds is 3. The Hall–Kier alpha value is -0.900. The fourth-order valence-corrected chi connectivity index (χ4v) is 1.44. The van der Waals surface area contributed by atoms with E-state index in [0.29, 0.717) is 5.56 Å². The first-order valence-electron chi connectivity index (χ1n) is 3.58. The van der Waals surface area contributed by atoms with Crippen LogP contribution in [-0.4, -0.2) is 12.6 Å². The van der Waals surface area contributed by atoms with Crippen molar-refractivity contribution in [3.8, 4) is 0 Å². The molecule has 0 radical (unpaired) electrons. The predicted octanol–water partition coefficient (Wildman–Crippen LogP) is 2.32. The van der Waals surface area contributed by atoms with Crippen LogP contribution in [0.5, 0.6) is 0 Å². The Kier molecular flexibility index (Phi) is 3.22. The zero-order chi connectivity index (χ0) is 8.97. The topological polar surface area (TPSA) is 26.3 Å². The van der Waals surface area contributed by atoms with Crippen molar-refractivity contribution in [2.24, 2.45) is 0 Å². The molecular formula is C8H9FO2S. The van der Waals surface area contributed by atoms with Crippen LogP contribution in [0, 0.1) is 0 Å². The molecule has 12 heavy (non-hydrogen) atoms. The van der Waals surface area contributed by atoms with E-state index in [1.165, 1.54) is 11.3 Å². The molecule has 66 valence electrons. The van der Waals surface area contributed by atoms with E-state index in [-0.39, 0.29) is 6.61 Å². The molecule has 1 unspecified atom stereocenters. The van der Waals surface area contributed by atoms with Crippen LogP contribution in [0.4, 0.5) is 4.39 Å². The zero-order valence-electron chi connectivity index (χ0n) is 6.62. The number of hydrogen-bond donors (Lipinski definition) is 0. The average Bonchev–Trinajstić information content (AvgIpc) is 2.55. The number of halogens is 1. The Morgan fingerprint density at radius 2 is 2.58 bits per heavy atom. The van der Waals surface area contributed by atoms with Crippen LogP contribution in [0.3, 0.4) is 0 Å². The van der Waals surface area contributed by atoms with Gasteiger partial charge in [0.05, 0.1) is 6.61 Å². The third-order valence-corrected chi connectivity index (χ3v) is 2.03. The number of alkyl halides is 1. The Balaban J connectivity index is 2.59. The second-order valence-corrected chi connectivity index (χ2v) is 2.95. The summed E-state index contributed by atoms with van der Waals surface area (Å²) >= 11 is 1.36. The van der Waals surface area contributed by atoms with Crippen LogP contribution in [0.2, 0.25) is 0 Å². The molecule has 0 aliphatic heterocycles. The van der Waals surface area contributed by atoms with Crippen LogP contribution in [0.1, 0.15) is 18.7 Å². The lowest BCUT2D eigenvalue weighted by atomic mass is 10.2. The van der Waals surface area contributed by atoms with Crippen molar-refractivity contribution in [1.29, 1.82) is 0 Å². The van der Waals surface area contributed by atoms with Gasteiger partial charge in [0.2, 0.25) is 6.17 Å². The summed E-state index contributed by atoms with van der Waals surface area (Å²) in [5, 5.41) is 3.32. The molecule has 1 atom stereocenters. The monoisotopic (exact) mass is 188 g/mol. The second-order valence-electron chi connectivity index (χ2n) is 2.17. The van der Waals surface area contributed by atoms with E-state index in [9.17, 15) is 9.18 Å². The van der Waals surface area contributed by atoms with Gasteiger partial charge < -0.3 is 4.74 Å². The highest BCUT2D eigenvalue weighted by Crippen LogP contribution is 2.21. The van der Waals surface area contributed by atoms with Crippen LogP contribution < -0.4 is 0 Å². The first kappa shape index (κ1) is 9.19. The lowest BCUT2D eigenvalue weighted by molar-refractivity contribution is -0.149. The molecule has 0 aromatic carbocycles. The van der Waals surface area contributed by atoms with E-state index in [1.807, 2.05) is 0 Å². The quantitative estimate of drug-likeness (QED) is 0.680. The normalized spacial score (nSPS) is 12.5. The summed E-state index contributed by atoms with van der Waals surface area (Å²) < 4.78 is 17.6. The average molecular weight is 188 g/mol. The molecule has 0 aliphatic rings. The summed E-state index contributed by atoms with van der Waals surface area (Å²) in [6.07, 6.45) is -1.63. The number of thiophene rings is 1. The largest absolute Gasteiger partial charge is 0.464 e. The lowest BCUT2D eigenvalue weighted by Gasteiger charge is -2.04. The highest BCUT2D eigenvalue weighted by Gasteiger charge is 2.20. The van der Waals surface area contributed by atoms with Gasteiger partial charge in [0.25, 0.3) is 0 Å². The van der Waals surface area contributed by atoms with E-state index in [1.54, 1.807) is 23.8 Å². The number of esters is 1. The third-order valence-electron chi connectivity index (χ3n) is 1.33. The molecule has 0 N–H and O–H groups in total. The summed E-state index contributed by atoms with van der Waals surface area (Å²) in [6, 6.07) is 1.58. The van der Waals surface area contributed by atoms with E-state index in [0.717, 1.165) is 0 Å². The predicted molar refractivity (Wildman–Crippen MR) is 44.8 cm³/mol. The molecule has 0 fully saturated rings. The Bertz CT molecular complexity index is 246. The molecule has 0 saturated heterocycles. The Labute approximate surface area is 74.0 Å². The third kappa shape index (κ3) is 2.04. The summed E-state index contributed by atoms with van der Waals surface area (Å²) in [5.74, 6) is -0.809.